The quantitative estimate of drug-likeness (QED) is 0.184. The number of nitriles is 2. The highest BCUT2D eigenvalue weighted by Crippen LogP contribution is 2.78. The molecule has 0 aromatic heterocycles. The van der Waals surface area contributed by atoms with Crippen molar-refractivity contribution < 1.29 is 9.47 Å². The van der Waals surface area contributed by atoms with Crippen LogP contribution in [0.1, 0.15) is 90.2 Å². The lowest BCUT2D eigenvalue weighted by Gasteiger charge is -2.74. The molecule has 4 aromatic carbocycles. The lowest BCUT2D eigenvalue weighted by Crippen LogP contribution is -2.67. The van der Waals surface area contributed by atoms with Gasteiger partial charge in [0, 0.05) is 11.1 Å². The normalized spacial score (nSPS) is 27.5. The van der Waals surface area contributed by atoms with Crippen LogP contribution in [-0.2, 0) is 10.8 Å². The average molecular weight is 621 g/mol. The van der Waals surface area contributed by atoms with Gasteiger partial charge in [-0.1, -0.05) is 107 Å². The van der Waals surface area contributed by atoms with Crippen molar-refractivity contribution in [2.24, 2.45) is 16.2 Å². The smallest absolute Gasteiger partial charge is 0.292 e. The first kappa shape index (κ1) is 31.1. The Hall–Kier alpha value is -4.54. The molecule has 4 heteroatoms. The maximum atomic E-state index is 9.53. The summed E-state index contributed by atoms with van der Waals surface area (Å²) in [6.45, 7) is 9.77. The Morgan fingerprint density at radius 1 is 0.617 bits per heavy atom. The van der Waals surface area contributed by atoms with Gasteiger partial charge in [0.2, 0.25) is 0 Å². The molecule has 238 valence electrons. The van der Waals surface area contributed by atoms with Gasteiger partial charge in [0.15, 0.2) is 0 Å². The summed E-state index contributed by atoms with van der Waals surface area (Å²) in [5.74, 6) is 1.22. The predicted octanol–water partition coefficient (Wildman–Crippen LogP) is 11.1. The zero-order chi connectivity index (χ0) is 32.9. The molecule has 2 unspecified atom stereocenters. The maximum Gasteiger partial charge on any atom is 0.292 e. The molecule has 0 N–H and O–H groups in total. The molecule has 4 fully saturated rings. The van der Waals surface area contributed by atoms with E-state index in [1.807, 2.05) is 61.0 Å². The molecule has 0 amide bonds. The summed E-state index contributed by atoms with van der Waals surface area (Å²) in [7, 11) is 0. The highest BCUT2D eigenvalue weighted by Gasteiger charge is 2.70. The number of benzene rings is 4. The van der Waals surface area contributed by atoms with E-state index in [2.05, 4.69) is 76.2 Å². The van der Waals surface area contributed by atoms with E-state index < -0.39 is 0 Å². The van der Waals surface area contributed by atoms with Gasteiger partial charge in [-0.2, -0.15) is 0 Å². The Labute approximate surface area is 280 Å². The van der Waals surface area contributed by atoms with E-state index in [4.69, 9.17) is 9.47 Å². The van der Waals surface area contributed by atoms with Gasteiger partial charge >= 0.3 is 0 Å². The fraction of sp³-hybridized carbons (Fsp3) is 0.395. The van der Waals surface area contributed by atoms with E-state index in [0.717, 1.165) is 41.5 Å². The molecule has 8 rings (SSSR count). The van der Waals surface area contributed by atoms with Crippen LogP contribution in [-0.4, -0.2) is 0 Å². The van der Waals surface area contributed by atoms with Crippen molar-refractivity contribution in [2.45, 2.75) is 89.9 Å². The largest absolute Gasteiger partial charge is 0.387 e. The average Bonchev–Trinajstić information content (AvgIpc) is 3.05. The summed E-state index contributed by atoms with van der Waals surface area (Å²) in [4.78, 5) is 0. The molecule has 0 radical (unpaired) electrons. The predicted molar refractivity (Wildman–Crippen MR) is 187 cm³/mol. The highest BCUT2D eigenvalue weighted by molar-refractivity contribution is 5.73. The summed E-state index contributed by atoms with van der Waals surface area (Å²) < 4.78 is 11.1. The number of hydrogen-bond donors (Lipinski definition) is 0. The minimum absolute atomic E-state index is 0.0271. The van der Waals surface area contributed by atoms with Crippen molar-refractivity contribution in [1.29, 1.82) is 10.5 Å². The molecule has 0 aliphatic heterocycles. The lowest BCUT2D eigenvalue weighted by atomic mass is 9.30. The van der Waals surface area contributed by atoms with Gasteiger partial charge in [-0.05, 0) is 119 Å². The van der Waals surface area contributed by atoms with Gasteiger partial charge in [-0.15, -0.1) is 10.5 Å². The second kappa shape index (κ2) is 11.3. The van der Waals surface area contributed by atoms with Crippen LogP contribution in [0.2, 0.25) is 0 Å². The monoisotopic (exact) mass is 620 g/mol. The number of rotatable bonds is 8. The van der Waals surface area contributed by atoms with Gasteiger partial charge in [-0.25, -0.2) is 0 Å². The molecule has 0 heterocycles. The number of hydrogen-bond acceptors (Lipinski definition) is 4. The summed E-state index contributed by atoms with van der Waals surface area (Å²) in [6, 6.07) is 33.9. The van der Waals surface area contributed by atoms with Crippen LogP contribution in [0.5, 0.6) is 11.5 Å². The Bertz CT molecular complexity index is 1760. The van der Waals surface area contributed by atoms with Crippen LogP contribution in [0, 0.1) is 39.3 Å². The number of ether oxygens (including phenoxy) is 2. The lowest BCUT2D eigenvalue weighted by molar-refractivity contribution is -0.185. The van der Waals surface area contributed by atoms with Crippen LogP contribution in [0.3, 0.4) is 0 Å². The molecule has 4 aliphatic carbocycles. The van der Waals surface area contributed by atoms with Crippen molar-refractivity contribution >= 4 is 0 Å². The molecule has 0 spiro atoms. The minimum atomic E-state index is -0.0271. The fourth-order valence-corrected chi connectivity index (χ4v) is 10.7. The SMILES string of the molecule is CCCC12CC3(c4ccc(OC#N)c(-c5ccccc5)c4)CC(c4ccc(OC#N)c(-c5ccccc5)c4)(C1)CC(C(C)(C)C)(C2)C3. The van der Waals surface area contributed by atoms with Crippen molar-refractivity contribution in [3.8, 4) is 46.3 Å². The van der Waals surface area contributed by atoms with E-state index in [9.17, 15) is 10.5 Å². The third-order valence-corrected chi connectivity index (χ3v) is 12.2. The summed E-state index contributed by atoms with van der Waals surface area (Å²) in [5, 5.41) is 19.1. The first-order chi connectivity index (χ1) is 22.6. The topological polar surface area (TPSA) is 66.0 Å². The molecular formula is C43H44N2O2. The zero-order valence-electron chi connectivity index (χ0n) is 28.1. The van der Waals surface area contributed by atoms with Crippen LogP contribution in [0.15, 0.2) is 97.1 Å². The second-order valence-corrected chi connectivity index (χ2v) is 15.9. The summed E-state index contributed by atoms with van der Waals surface area (Å²) in [6.07, 6.45) is 13.3. The van der Waals surface area contributed by atoms with E-state index in [-0.39, 0.29) is 27.1 Å². The molecule has 4 nitrogen and oxygen atoms in total. The maximum absolute atomic E-state index is 9.53. The molecule has 4 aromatic rings. The van der Waals surface area contributed by atoms with E-state index in [0.29, 0.717) is 11.5 Å². The fourth-order valence-electron chi connectivity index (χ4n) is 10.7. The molecule has 2 atom stereocenters. The Kier molecular flexibility index (Phi) is 7.48. The number of nitrogens with zero attached hydrogens (tertiary/aromatic N) is 2. The molecule has 4 bridgehead atoms. The first-order valence-electron chi connectivity index (χ1n) is 17.1. The van der Waals surface area contributed by atoms with Gasteiger partial charge in [0.25, 0.3) is 12.5 Å². The summed E-state index contributed by atoms with van der Waals surface area (Å²) >= 11 is 0. The van der Waals surface area contributed by atoms with Gasteiger partial charge in [0.1, 0.15) is 11.5 Å². The van der Waals surface area contributed by atoms with Crippen LogP contribution < -0.4 is 9.47 Å². The first-order valence-corrected chi connectivity index (χ1v) is 17.1. The zero-order valence-corrected chi connectivity index (χ0v) is 28.1. The third-order valence-electron chi connectivity index (χ3n) is 12.2. The van der Waals surface area contributed by atoms with Crippen molar-refractivity contribution in [3.63, 3.8) is 0 Å². The standard InChI is InChI=1S/C43H44N2O2/c1-5-20-40-23-41(33-16-18-37(46-29-44)35(21-33)31-12-8-6-9-13-31)26-42(24-40,28-43(25-40,27-41)39(2,3)4)34-17-19-38(47-30-45)36(22-34)32-14-10-7-11-15-32/h6-19,21-22H,5,20,23-28H2,1-4H3. The molecule has 0 saturated heterocycles. The van der Waals surface area contributed by atoms with Crippen LogP contribution >= 0.6 is 0 Å². The van der Waals surface area contributed by atoms with Crippen molar-refractivity contribution in [2.75, 3.05) is 0 Å². The minimum Gasteiger partial charge on any atom is -0.387 e. The molecular weight excluding hydrogens is 576 g/mol. The van der Waals surface area contributed by atoms with Gasteiger partial charge < -0.3 is 9.47 Å². The van der Waals surface area contributed by atoms with E-state index in [1.54, 1.807) is 0 Å². The highest BCUT2D eigenvalue weighted by atomic mass is 16.5. The van der Waals surface area contributed by atoms with Crippen LogP contribution in [0.4, 0.5) is 0 Å². The van der Waals surface area contributed by atoms with Crippen molar-refractivity contribution in [3.05, 3.63) is 108 Å². The Morgan fingerprint density at radius 2 is 1.09 bits per heavy atom. The van der Waals surface area contributed by atoms with Gasteiger partial charge in [0.05, 0.1) is 0 Å². The molecule has 47 heavy (non-hydrogen) atoms. The van der Waals surface area contributed by atoms with E-state index >= 15 is 0 Å². The Morgan fingerprint density at radius 3 is 1.49 bits per heavy atom. The molecule has 4 aliphatic rings. The van der Waals surface area contributed by atoms with Gasteiger partial charge in [-0.3, -0.25) is 0 Å². The van der Waals surface area contributed by atoms with Crippen molar-refractivity contribution in [1.82, 2.24) is 0 Å². The Balaban J connectivity index is 1.45. The third kappa shape index (κ3) is 5.10. The van der Waals surface area contributed by atoms with Crippen LogP contribution in [0.25, 0.3) is 22.3 Å². The molecule has 4 saturated carbocycles. The van der Waals surface area contributed by atoms with E-state index in [1.165, 1.54) is 43.2 Å². The summed E-state index contributed by atoms with van der Waals surface area (Å²) in [5.41, 5.74) is 7.26. The second-order valence-electron chi connectivity index (χ2n) is 15.9.